The van der Waals surface area contributed by atoms with Crippen molar-refractivity contribution < 1.29 is 4.21 Å². The molecule has 4 unspecified atom stereocenters. The molecule has 20 heavy (non-hydrogen) atoms. The normalized spacial score (nSPS) is 27.8. The Morgan fingerprint density at radius 3 is 2.65 bits per heavy atom. The molecule has 0 radical (unpaired) electrons. The SMILES string of the molecule is CCC1CCC(C#N)C(S(=O)Cc2ccc(Cl)cc2)C1. The maximum absolute atomic E-state index is 12.6. The highest BCUT2D eigenvalue weighted by atomic mass is 35.5. The van der Waals surface area contributed by atoms with Crippen LogP contribution in [-0.4, -0.2) is 9.46 Å². The van der Waals surface area contributed by atoms with Gasteiger partial charge in [0.15, 0.2) is 0 Å². The first-order valence-electron chi connectivity index (χ1n) is 7.15. The van der Waals surface area contributed by atoms with Crippen LogP contribution in [0.3, 0.4) is 0 Å². The van der Waals surface area contributed by atoms with E-state index >= 15 is 0 Å². The van der Waals surface area contributed by atoms with Gasteiger partial charge in [-0.05, 0) is 42.9 Å². The maximum atomic E-state index is 12.6. The number of benzene rings is 1. The summed E-state index contributed by atoms with van der Waals surface area (Å²) in [6, 6.07) is 9.85. The minimum absolute atomic E-state index is 0.0226. The van der Waals surface area contributed by atoms with Crippen LogP contribution in [0.25, 0.3) is 0 Å². The quantitative estimate of drug-likeness (QED) is 0.831. The number of halogens is 1. The number of rotatable bonds is 4. The van der Waals surface area contributed by atoms with Crippen LogP contribution < -0.4 is 0 Å². The van der Waals surface area contributed by atoms with Crippen LogP contribution >= 0.6 is 11.6 Å². The minimum atomic E-state index is -0.982. The number of nitrogens with zero attached hydrogens (tertiary/aromatic N) is 1. The van der Waals surface area contributed by atoms with Gasteiger partial charge in [-0.15, -0.1) is 0 Å². The van der Waals surface area contributed by atoms with E-state index < -0.39 is 10.8 Å². The lowest BCUT2D eigenvalue weighted by Crippen LogP contribution is -2.32. The van der Waals surface area contributed by atoms with Crippen molar-refractivity contribution in [3.05, 3.63) is 34.9 Å². The van der Waals surface area contributed by atoms with E-state index in [1.807, 2.05) is 24.3 Å². The Morgan fingerprint density at radius 1 is 1.35 bits per heavy atom. The number of hydrogen-bond donors (Lipinski definition) is 0. The Balaban J connectivity index is 2.05. The van der Waals surface area contributed by atoms with Gasteiger partial charge < -0.3 is 0 Å². The topological polar surface area (TPSA) is 40.9 Å². The smallest absolute Gasteiger partial charge is 0.0668 e. The molecule has 0 bridgehead atoms. The van der Waals surface area contributed by atoms with Gasteiger partial charge in [-0.3, -0.25) is 4.21 Å². The van der Waals surface area contributed by atoms with Gasteiger partial charge in [0.2, 0.25) is 0 Å². The van der Waals surface area contributed by atoms with Gasteiger partial charge in [-0.2, -0.15) is 5.26 Å². The van der Waals surface area contributed by atoms with Crippen molar-refractivity contribution in [2.75, 3.05) is 0 Å². The van der Waals surface area contributed by atoms with Crippen LogP contribution in [0.1, 0.15) is 38.2 Å². The molecule has 1 aliphatic carbocycles. The van der Waals surface area contributed by atoms with Gasteiger partial charge in [-0.1, -0.05) is 37.1 Å². The van der Waals surface area contributed by atoms with Crippen LogP contribution in [0.5, 0.6) is 0 Å². The Labute approximate surface area is 128 Å². The van der Waals surface area contributed by atoms with Crippen LogP contribution in [0.15, 0.2) is 24.3 Å². The maximum Gasteiger partial charge on any atom is 0.0668 e. The summed E-state index contributed by atoms with van der Waals surface area (Å²) < 4.78 is 12.6. The van der Waals surface area contributed by atoms with Crippen molar-refractivity contribution in [1.82, 2.24) is 0 Å². The predicted octanol–water partition coefficient (Wildman–Crippen LogP) is 4.31. The van der Waals surface area contributed by atoms with Crippen molar-refractivity contribution in [3.8, 4) is 6.07 Å². The zero-order chi connectivity index (χ0) is 14.5. The van der Waals surface area contributed by atoms with Crippen LogP contribution in [-0.2, 0) is 16.6 Å². The second kappa shape index (κ2) is 7.24. The summed E-state index contributed by atoms with van der Waals surface area (Å²) in [4.78, 5) is 0. The molecule has 0 amide bonds. The monoisotopic (exact) mass is 309 g/mol. The molecule has 2 nitrogen and oxygen atoms in total. The summed E-state index contributed by atoms with van der Waals surface area (Å²) in [5.41, 5.74) is 1.03. The molecule has 0 saturated heterocycles. The lowest BCUT2D eigenvalue weighted by molar-refractivity contribution is 0.313. The van der Waals surface area contributed by atoms with E-state index in [4.69, 9.17) is 11.6 Å². The first kappa shape index (κ1) is 15.5. The molecular formula is C16H20ClNOS. The van der Waals surface area contributed by atoms with E-state index in [9.17, 15) is 9.47 Å². The van der Waals surface area contributed by atoms with Crippen LogP contribution in [0, 0.1) is 23.2 Å². The zero-order valence-corrected chi connectivity index (χ0v) is 13.3. The Morgan fingerprint density at radius 2 is 2.05 bits per heavy atom. The molecule has 0 N–H and O–H groups in total. The van der Waals surface area contributed by atoms with Gasteiger partial charge in [0.1, 0.15) is 0 Å². The lowest BCUT2D eigenvalue weighted by Gasteiger charge is -2.31. The summed E-state index contributed by atoms with van der Waals surface area (Å²) in [5, 5.41) is 9.99. The van der Waals surface area contributed by atoms with Gasteiger partial charge in [0.25, 0.3) is 0 Å². The van der Waals surface area contributed by atoms with E-state index in [1.165, 1.54) is 0 Å². The molecule has 1 aromatic rings. The fourth-order valence-corrected chi connectivity index (χ4v) is 4.78. The van der Waals surface area contributed by atoms with E-state index in [0.29, 0.717) is 16.7 Å². The summed E-state index contributed by atoms with van der Waals surface area (Å²) in [7, 11) is -0.982. The predicted molar refractivity (Wildman–Crippen MR) is 83.8 cm³/mol. The highest BCUT2D eigenvalue weighted by Gasteiger charge is 2.33. The highest BCUT2D eigenvalue weighted by molar-refractivity contribution is 7.84. The van der Waals surface area contributed by atoms with E-state index in [0.717, 1.165) is 31.2 Å². The molecule has 1 aliphatic rings. The Hall–Kier alpha value is -0.850. The van der Waals surface area contributed by atoms with Crippen molar-refractivity contribution in [3.63, 3.8) is 0 Å². The van der Waals surface area contributed by atoms with Gasteiger partial charge >= 0.3 is 0 Å². The molecule has 0 spiro atoms. The molecule has 1 fully saturated rings. The molecule has 4 atom stereocenters. The first-order chi connectivity index (χ1) is 9.63. The average Bonchev–Trinajstić information content (AvgIpc) is 2.48. The molecule has 4 heteroatoms. The molecule has 1 saturated carbocycles. The first-order valence-corrected chi connectivity index (χ1v) is 8.91. The van der Waals surface area contributed by atoms with Gasteiger partial charge in [0.05, 0.1) is 17.2 Å². The number of nitriles is 1. The highest BCUT2D eigenvalue weighted by Crippen LogP contribution is 2.34. The Kier molecular flexibility index (Phi) is 5.63. The molecule has 108 valence electrons. The fourth-order valence-electron chi connectivity index (χ4n) is 2.87. The average molecular weight is 310 g/mol. The summed E-state index contributed by atoms with van der Waals surface area (Å²) in [6.07, 6.45) is 4.04. The van der Waals surface area contributed by atoms with E-state index in [1.54, 1.807) is 0 Å². The second-order valence-corrected chi connectivity index (χ2v) is 7.61. The minimum Gasteiger partial charge on any atom is -0.259 e. The van der Waals surface area contributed by atoms with Gasteiger partial charge in [0, 0.05) is 21.6 Å². The molecule has 0 aromatic heterocycles. The molecule has 0 aliphatic heterocycles. The molecular weight excluding hydrogens is 290 g/mol. The largest absolute Gasteiger partial charge is 0.259 e. The van der Waals surface area contributed by atoms with Crippen LogP contribution in [0.2, 0.25) is 5.02 Å². The third kappa shape index (κ3) is 3.84. The van der Waals surface area contributed by atoms with Gasteiger partial charge in [-0.25, -0.2) is 0 Å². The fraction of sp³-hybridized carbons (Fsp3) is 0.562. The van der Waals surface area contributed by atoms with Crippen molar-refractivity contribution in [1.29, 1.82) is 5.26 Å². The van der Waals surface area contributed by atoms with E-state index in [2.05, 4.69) is 13.0 Å². The van der Waals surface area contributed by atoms with Crippen molar-refractivity contribution in [2.24, 2.45) is 11.8 Å². The molecule has 2 rings (SSSR count). The second-order valence-electron chi connectivity index (χ2n) is 5.51. The van der Waals surface area contributed by atoms with Crippen molar-refractivity contribution >= 4 is 22.4 Å². The summed E-state index contributed by atoms with van der Waals surface area (Å²) in [6.45, 7) is 2.18. The van der Waals surface area contributed by atoms with E-state index in [-0.39, 0.29) is 11.2 Å². The molecule has 0 heterocycles. The summed E-state index contributed by atoms with van der Waals surface area (Å²) >= 11 is 5.86. The lowest BCUT2D eigenvalue weighted by atomic mass is 9.81. The third-order valence-electron chi connectivity index (χ3n) is 4.20. The summed E-state index contributed by atoms with van der Waals surface area (Å²) in [5.74, 6) is 1.10. The van der Waals surface area contributed by atoms with Crippen molar-refractivity contribution in [2.45, 2.75) is 43.6 Å². The van der Waals surface area contributed by atoms with Crippen LogP contribution in [0.4, 0.5) is 0 Å². The Bertz CT molecular complexity index is 508. The zero-order valence-electron chi connectivity index (χ0n) is 11.7. The standard InChI is InChI=1S/C16H20ClNOS/c1-2-12-3-6-14(10-18)16(9-12)20(19)11-13-4-7-15(17)8-5-13/h4-5,7-8,12,14,16H,2-3,6,9,11H2,1H3. The number of hydrogen-bond acceptors (Lipinski definition) is 2. The third-order valence-corrected chi connectivity index (χ3v) is 6.27. The molecule has 1 aromatic carbocycles.